The molecular formula is C19H37NO2. The van der Waals surface area contributed by atoms with Crippen LogP contribution in [-0.4, -0.2) is 18.2 Å². The topological polar surface area (TPSA) is 46.2 Å². The molecule has 0 bridgehead atoms. The van der Waals surface area contributed by atoms with Gasteiger partial charge in [-0.25, -0.2) is 0 Å². The molecule has 130 valence electrons. The van der Waals surface area contributed by atoms with E-state index in [1.165, 1.54) is 32.1 Å². The monoisotopic (exact) mass is 311 g/mol. The molecule has 0 atom stereocenters. The third-order valence-corrected chi connectivity index (χ3v) is 4.01. The fraction of sp³-hybridized carbons (Fsp3) is 0.895. The van der Waals surface area contributed by atoms with Crippen molar-refractivity contribution >= 4 is 11.7 Å². The molecular weight excluding hydrogens is 274 g/mol. The van der Waals surface area contributed by atoms with Crippen LogP contribution in [0.4, 0.5) is 0 Å². The van der Waals surface area contributed by atoms with Crippen LogP contribution in [0.1, 0.15) is 91.9 Å². The zero-order valence-electron chi connectivity index (χ0n) is 15.2. The van der Waals surface area contributed by atoms with Gasteiger partial charge in [-0.3, -0.25) is 9.59 Å². The second-order valence-corrected chi connectivity index (χ2v) is 7.13. The molecule has 3 heteroatoms. The highest BCUT2D eigenvalue weighted by Crippen LogP contribution is 2.10. The molecule has 0 aliphatic carbocycles. The maximum atomic E-state index is 11.5. The second-order valence-electron chi connectivity index (χ2n) is 7.13. The van der Waals surface area contributed by atoms with Gasteiger partial charge in [0.2, 0.25) is 5.91 Å². The molecule has 0 aromatic rings. The lowest BCUT2D eigenvalue weighted by Gasteiger charge is -2.07. The highest BCUT2D eigenvalue weighted by molar-refractivity contribution is 5.80. The molecule has 0 heterocycles. The van der Waals surface area contributed by atoms with E-state index in [4.69, 9.17) is 0 Å². The maximum Gasteiger partial charge on any atom is 0.220 e. The molecule has 1 N–H and O–H groups in total. The number of unbranched alkanes of at least 4 members (excludes halogenated alkanes) is 6. The normalized spacial score (nSPS) is 11.2. The summed E-state index contributed by atoms with van der Waals surface area (Å²) in [5, 5.41) is 3.00. The van der Waals surface area contributed by atoms with Gasteiger partial charge in [0, 0.05) is 25.3 Å². The van der Waals surface area contributed by atoms with Gasteiger partial charge in [-0.15, -0.1) is 0 Å². The van der Waals surface area contributed by atoms with Crippen LogP contribution in [-0.2, 0) is 9.59 Å². The van der Waals surface area contributed by atoms with Crippen LogP contribution >= 0.6 is 0 Å². The Bertz CT molecular complexity index is 298. The van der Waals surface area contributed by atoms with Gasteiger partial charge in [-0.05, 0) is 25.2 Å². The summed E-state index contributed by atoms with van der Waals surface area (Å²) in [6.07, 6.45) is 10.6. The van der Waals surface area contributed by atoms with Gasteiger partial charge in [0.15, 0.2) is 0 Å². The number of hydrogen-bond donors (Lipinski definition) is 1. The maximum absolute atomic E-state index is 11.5. The standard InChI is InChI=1S/C19H37NO2/c1-16(2)13-14-19(22)20-15-11-9-7-5-6-8-10-12-18(21)17(3)4/h16-17H,5-15H2,1-4H3,(H,20,22). The fourth-order valence-corrected chi connectivity index (χ4v) is 2.33. The molecule has 0 unspecified atom stereocenters. The first-order chi connectivity index (χ1) is 10.4. The summed E-state index contributed by atoms with van der Waals surface area (Å²) in [7, 11) is 0. The van der Waals surface area contributed by atoms with E-state index in [2.05, 4.69) is 19.2 Å². The quantitative estimate of drug-likeness (QED) is 0.464. The molecule has 3 nitrogen and oxygen atoms in total. The van der Waals surface area contributed by atoms with Crippen LogP contribution in [0, 0.1) is 11.8 Å². The van der Waals surface area contributed by atoms with Gasteiger partial charge < -0.3 is 5.32 Å². The molecule has 0 aliphatic heterocycles. The largest absolute Gasteiger partial charge is 0.356 e. The highest BCUT2D eigenvalue weighted by Gasteiger charge is 2.05. The van der Waals surface area contributed by atoms with Crippen molar-refractivity contribution in [3.63, 3.8) is 0 Å². The molecule has 0 fully saturated rings. The second kappa shape index (κ2) is 13.8. The molecule has 1 amide bonds. The van der Waals surface area contributed by atoms with Crippen LogP contribution in [0.25, 0.3) is 0 Å². The minimum atomic E-state index is 0.191. The summed E-state index contributed by atoms with van der Waals surface area (Å²) in [6.45, 7) is 9.06. The van der Waals surface area contributed by atoms with Gasteiger partial charge in [0.05, 0.1) is 0 Å². The number of carbonyl (C=O) groups is 2. The summed E-state index contributed by atoms with van der Waals surface area (Å²) >= 11 is 0. The zero-order chi connectivity index (χ0) is 16.8. The van der Waals surface area contributed by atoms with Crippen molar-refractivity contribution in [2.45, 2.75) is 91.9 Å². The summed E-state index contributed by atoms with van der Waals surface area (Å²) in [5.74, 6) is 1.38. The number of Topliss-reactive ketones (excluding diaryl/α,β-unsaturated/α-hetero) is 1. The predicted molar refractivity (Wildman–Crippen MR) is 93.9 cm³/mol. The smallest absolute Gasteiger partial charge is 0.220 e. The van der Waals surface area contributed by atoms with Crippen molar-refractivity contribution < 1.29 is 9.59 Å². The van der Waals surface area contributed by atoms with Crippen molar-refractivity contribution in [2.75, 3.05) is 6.54 Å². The molecule has 0 saturated carbocycles. The summed E-state index contributed by atoms with van der Waals surface area (Å²) in [4.78, 5) is 23.0. The first kappa shape index (κ1) is 21.1. The van der Waals surface area contributed by atoms with Crippen LogP contribution < -0.4 is 5.32 Å². The van der Waals surface area contributed by atoms with E-state index in [9.17, 15) is 9.59 Å². The average Bonchev–Trinajstić information content (AvgIpc) is 2.46. The Balaban J connectivity index is 3.24. The first-order valence-electron chi connectivity index (χ1n) is 9.23. The number of ketones is 1. The third kappa shape index (κ3) is 14.1. The number of amides is 1. The molecule has 22 heavy (non-hydrogen) atoms. The van der Waals surface area contributed by atoms with Crippen molar-refractivity contribution in [3.8, 4) is 0 Å². The number of rotatable bonds is 14. The summed E-state index contributed by atoms with van der Waals surface area (Å²) in [6, 6.07) is 0. The lowest BCUT2D eigenvalue weighted by molar-refractivity contribution is -0.122. The number of nitrogens with one attached hydrogen (secondary N) is 1. The highest BCUT2D eigenvalue weighted by atomic mass is 16.1. The van der Waals surface area contributed by atoms with E-state index >= 15 is 0 Å². The lowest BCUT2D eigenvalue weighted by atomic mass is 10.0. The molecule has 0 rings (SSSR count). The van der Waals surface area contributed by atoms with Crippen LogP contribution in [0.15, 0.2) is 0 Å². The summed E-state index contributed by atoms with van der Waals surface area (Å²) in [5.41, 5.74) is 0. The van der Waals surface area contributed by atoms with Gasteiger partial charge in [0.1, 0.15) is 5.78 Å². The predicted octanol–water partition coefficient (Wildman–Crippen LogP) is 4.88. The minimum Gasteiger partial charge on any atom is -0.356 e. The Morgan fingerprint density at radius 1 is 0.773 bits per heavy atom. The average molecular weight is 312 g/mol. The molecule has 0 aromatic heterocycles. The molecule has 0 radical (unpaired) electrons. The van der Waals surface area contributed by atoms with Crippen LogP contribution in [0.2, 0.25) is 0 Å². The fourth-order valence-electron chi connectivity index (χ4n) is 2.33. The third-order valence-electron chi connectivity index (χ3n) is 4.01. The zero-order valence-corrected chi connectivity index (χ0v) is 15.2. The van der Waals surface area contributed by atoms with E-state index in [1.807, 2.05) is 13.8 Å². The van der Waals surface area contributed by atoms with Gasteiger partial charge in [-0.2, -0.15) is 0 Å². The van der Waals surface area contributed by atoms with E-state index in [0.29, 0.717) is 18.1 Å². The van der Waals surface area contributed by atoms with Gasteiger partial charge in [0.25, 0.3) is 0 Å². The lowest BCUT2D eigenvalue weighted by Crippen LogP contribution is -2.24. The Labute approximate surface area is 137 Å². The Hall–Kier alpha value is -0.860. The van der Waals surface area contributed by atoms with Crippen LogP contribution in [0.5, 0.6) is 0 Å². The van der Waals surface area contributed by atoms with Crippen molar-refractivity contribution in [2.24, 2.45) is 11.8 Å². The first-order valence-corrected chi connectivity index (χ1v) is 9.23. The van der Waals surface area contributed by atoms with Gasteiger partial charge >= 0.3 is 0 Å². The van der Waals surface area contributed by atoms with E-state index in [0.717, 1.165) is 32.2 Å². The van der Waals surface area contributed by atoms with Crippen molar-refractivity contribution in [1.29, 1.82) is 0 Å². The molecule has 0 spiro atoms. The number of hydrogen-bond acceptors (Lipinski definition) is 2. The van der Waals surface area contributed by atoms with Crippen molar-refractivity contribution in [3.05, 3.63) is 0 Å². The Kier molecular flexibility index (Phi) is 13.2. The minimum absolute atomic E-state index is 0.191. The molecule has 0 aliphatic rings. The van der Waals surface area contributed by atoms with E-state index in [-0.39, 0.29) is 11.8 Å². The SMILES string of the molecule is CC(C)CCC(=O)NCCCCCCCCCC(=O)C(C)C. The Morgan fingerprint density at radius 3 is 1.86 bits per heavy atom. The van der Waals surface area contributed by atoms with Gasteiger partial charge in [-0.1, -0.05) is 59.8 Å². The summed E-state index contributed by atoms with van der Waals surface area (Å²) < 4.78 is 0. The van der Waals surface area contributed by atoms with Crippen molar-refractivity contribution in [1.82, 2.24) is 5.32 Å². The Morgan fingerprint density at radius 2 is 1.32 bits per heavy atom. The molecule has 0 saturated heterocycles. The number of carbonyl (C=O) groups excluding carboxylic acids is 2. The van der Waals surface area contributed by atoms with Crippen LogP contribution in [0.3, 0.4) is 0 Å². The van der Waals surface area contributed by atoms with E-state index in [1.54, 1.807) is 0 Å². The van der Waals surface area contributed by atoms with E-state index < -0.39 is 0 Å². The molecule has 0 aromatic carbocycles.